The van der Waals surface area contributed by atoms with Crippen LogP contribution in [0.4, 0.5) is 4.79 Å². The number of carbonyl (C=O) groups excluding carboxylic acids is 2. The van der Waals surface area contributed by atoms with Crippen molar-refractivity contribution in [3.8, 4) is 18.1 Å². The summed E-state index contributed by atoms with van der Waals surface area (Å²) in [6.45, 7) is 11.3. The Morgan fingerprint density at radius 3 is 2.15 bits per heavy atom. The van der Waals surface area contributed by atoms with Crippen molar-refractivity contribution >= 4 is 12.0 Å². The third-order valence-electron chi connectivity index (χ3n) is 3.16. The van der Waals surface area contributed by atoms with Crippen LogP contribution in [0.3, 0.4) is 0 Å². The van der Waals surface area contributed by atoms with Gasteiger partial charge in [0.05, 0.1) is 6.54 Å². The first kappa shape index (κ1) is 22.4. The van der Waals surface area contributed by atoms with Crippen LogP contribution in [0, 0.1) is 12.3 Å². The van der Waals surface area contributed by atoms with Crippen LogP contribution in [0.25, 0.3) is 0 Å². The summed E-state index contributed by atoms with van der Waals surface area (Å²) in [6, 6.07) is 6.59. The van der Waals surface area contributed by atoms with Gasteiger partial charge in [0, 0.05) is 6.42 Å². The lowest BCUT2D eigenvalue weighted by molar-refractivity contribution is -0.122. The van der Waals surface area contributed by atoms with E-state index in [0.717, 1.165) is 11.3 Å². The lowest BCUT2D eigenvalue weighted by Crippen LogP contribution is -2.49. The van der Waals surface area contributed by atoms with Crippen LogP contribution in [0.15, 0.2) is 24.3 Å². The van der Waals surface area contributed by atoms with Gasteiger partial charge in [-0.3, -0.25) is 4.79 Å². The van der Waals surface area contributed by atoms with Crippen LogP contribution in [0.2, 0.25) is 0 Å². The SMILES string of the molecule is C#CCNC(=O)[C@@H](Cc1ccc(OC(C)(C)C)cc1)NC(=O)OC(C)(C)C. The molecule has 148 valence electrons. The van der Waals surface area contributed by atoms with Crippen molar-refractivity contribution in [1.82, 2.24) is 10.6 Å². The Morgan fingerprint density at radius 1 is 1.07 bits per heavy atom. The Labute approximate surface area is 162 Å². The van der Waals surface area contributed by atoms with Crippen LogP contribution >= 0.6 is 0 Å². The highest BCUT2D eigenvalue weighted by Crippen LogP contribution is 2.19. The van der Waals surface area contributed by atoms with Crippen molar-refractivity contribution < 1.29 is 19.1 Å². The third kappa shape index (κ3) is 9.55. The number of terminal acetylenes is 1. The molecule has 0 aliphatic carbocycles. The maximum absolute atomic E-state index is 12.4. The van der Waals surface area contributed by atoms with Gasteiger partial charge in [-0.15, -0.1) is 6.42 Å². The van der Waals surface area contributed by atoms with E-state index < -0.39 is 17.7 Å². The number of hydrogen-bond donors (Lipinski definition) is 2. The zero-order valence-electron chi connectivity index (χ0n) is 17.0. The van der Waals surface area contributed by atoms with Crippen molar-refractivity contribution in [2.24, 2.45) is 0 Å². The molecule has 0 aliphatic rings. The summed E-state index contributed by atoms with van der Waals surface area (Å²) < 4.78 is 11.0. The van der Waals surface area contributed by atoms with Crippen LogP contribution in [0.1, 0.15) is 47.1 Å². The molecule has 0 fully saturated rings. The van der Waals surface area contributed by atoms with Gasteiger partial charge < -0.3 is 20.1 Å². The molecule has 0 saturated heterocycles. The number of carbonyl (C=O) groups is 2. The van der Waals surface area contributed by atoms with E-state index in [-0.39, 0.29) is 18.1 Å². The second-order valence-electron chi connectivity index (χ2n) is 8.18. The molecule has 1 atom stereocenters. The minimum absolute atomic E-state index is 0.0870. The Morgan fingerprint density at radius 2 is 1.67 bits per heavy atom. The lowest BCUT2D eigenvalue weighted by atomic mass is 10.0. The Kier molecular flexibility index (Phi) is 7.71. The van der Waals surface area contributed by atoms with E-state index in [1.165, 1.54) is 0 Å². The maximum atomic E-state index is 12.4. The van der Waals surface area contributed by atoms with Gasteiger partial charge in [0.25, 0.3) is 0 Å². The molecule has 0 saturated carbocycles. The van der Waals surface area contributed by atoms with E-state index in [9.17, 15) is 9.59 Å². The van der Waals surface area contributed by atoms with Crippen LogP contribution < -0.4 is 15.4 Å². The Hall–Kier alpha value is -2.68. The molecule has 2 amide bonds. The van der Waals surface area contributed by atoms with Gasteiger partial charge in [0.1, 0.15) is 23.0 Å². The summed E-state index contributed by atoms with van der Waals surface area (Å²) in [7, 11) is 0. The predicted molar refractivity (Wildman–Crippen MR) is 106 cm³/mol. The first-order valence-electron chi connectivity index (χ1n) is 8.88. The van der Waals surface area contributed by atoms with Crippen molar-refractivity contribution in [3.05, 3.63) is 29.8 Å². The molecule has 27 heavy (non-hydrogen) atoms. The van der Waals surface area contributed by atoms with E-state index in [2.05, 4.69) is 16.6 Å². The average molecular weight is 374 g/mol. The number of benzene rings is 1. The molecule has 0 aromatic heterocycles. The lowest BCUT2D eigenvalue weighted by Gasteiger charge is -2.23. The van der Waals surface area contributed by atoms with Crippen LogP contribution in [-0.2, 0) is 16.0 Å². The molecule has 1 aromatic carbocycles. The fourth-order valence-electron chi connectivity index (χ4n) is 2.20. The highest BCUT2D eigenvalue weighted by molar-refractivity contribution is 5.86. The molecule has 6 nitrogen and oxygen atoms in total. The second kappa shape index (κ2) is 9.31. The van der Waals surface area contributed by atoms with E-state index in [0.29, 0.717) is 6.42 Å². The number of ether oxygens (including phenoxy) is 2. The monoisotopic (exact) mass is 374 g/mol. The van der Waals surface area contributed by atoms with Gasteiger partial charge >= 0.3 is 6.09 Å². The Balaban J connectivity index is 2.85. The first-order valence-corrected chi connectivity index (χ1v) is 8.88. The third-order valence-corrected chi connectivity index (χ3v) is 3.16. The van der Waals surface area contributed by atoms with E-state index >= 15 is 0 Å². The molecule has 0 heterocycles. The maximum Gasteiger partial charge on any atom is 0.408 e. The summed E-state index contributed by atoms with van der Waals surface area (Å²) in [4.78, 5) is 24.4. The highest BCUT2D eigenvalue weighted by Gasteiger charge is 2.24. The summed E-state index contributed by atoms with van der Waals surface area (Å²) in [5, 5.41) is 5.20. The molecule has 0 bridgehead atoms. The van der Waals surface area contributed by atoms with E-state index in [1.807, 2.05) is 45.0 Å². The number of rotatable bonds is 6. The average Bonchev–Trinajstić information content (AvgIpc) is 2.50. The molecule has 0 radical (unpaired) electrons. The highest BCUT2D eigenvalue weighted by atomic mass is 16.6. The van der Waals surface area contributed by atoms with Crippen LogP contribution in [-0.4, -0.2) is 35.8 Å². The summed E-state index contributed by atoms with van der Waals surface area (Å²) >= 11 is 0. The quantitative estimate of drug-likeness (QED) is 0.751. The minimum atomic E-state index is -0.803. The largest absolute Gasteiger partial charge is 0.488 e. The molecule has 6 heteroatoms. The van der Waals surface area contributed by atoms with Gasteiger partial charge in [-0.2, -0.15) is 0 Å². The van der Waals surface area contributed by atoms with Crippen molar-refractivity contribution in [3.63, 3.8) is 0 Å². The van der Waals surface area contributed by atoms with Gasteiger partial charge in [-0.1, -0.05) is 18.1 Å². The molecular formula is C21H30N2O4. The second-order valence-corrected chi connectivity index (χ2v) is 8.18. The van der Waals surface area contributed by atoms with Crippen molar-refractivity contribution in [2.45, 2.75) is 65.2 Å². The first-order chi connectivity index (χ1) is 12.4. The summed E-state index contributed by atoms with van der Waals surface area (Å²) in [5.74, 6) is 2.71. The van der Waals surface area contributed by atoms with Gasteiger partial charge in [-0.25, -0.2) is 4.79 Å². The number of alkyl carbamates (subject to hydrolysis) is 1. The fraction of sp³-hybridized carbons (Fsp3) is 0.524. The van der Waals surface area contributed by atoms with E-state index in [4.69, 9.17) is 15.9 Å². The number of nitrogens with one attached hydrogen (secondary N) is 2. The smallest absolute Gasteiger partial charge is 0.408 e. The zero-order valence-corrected chi connectivity index (χ0v) is 17.0. The summed E-state index contributed by atoms with van der Waals surface area (Å²) in [6.07, 6.45) is 4.83. The number of amides is 2. The van der Waals surface area contributed by atoms with E-state index in [1.54, 1.807) is 20.8 Å². The van der Waals surface area contributed by atoms with Crippen LogP contribution in [0.5, 0.6) is 5.75 Å². The predicted octanol–water partition coefficient (Wildman–Crippen LogP) is 3.05. The normalized spacial score (nSPS) is 12.5. The van der Waals surface area contributed by atoms with Crippen molar-refractivity contribution in [1.29, 1.82) is 0 Å². The Bertz CT molecular complexity index is 676. The number of hydrogen-bond acceptors (Lipinski definition) is 4. The minimum Gasteiger partial charge on any atom is -0.488 e. The zero-order chi connectivity index (χ0) is 20.7. The molecule has 2 N–H and O–H groups in total. The molecule has 1 aromatic rings. The van der Waals surface area contributed by atoms with Gasteiger partial charge in [0.15, 0.2) is 0 Å². The van der Waals surface area contributed by atoms with Gasteiger partial charge in [0.2, 0.25) is 5.91 Å². The topological polar surface area (TPSA) is 76.7 Å². The fourth-order valence-corrected chi connectivity index (χ4v) is 2.20. The molecule has 0 spiro atoms. The molecule has 0 aliphatic heterocycles. The molecular weight excluding hydrogens is 344 g/mol. The standard InChI is InChI=1S/C21H30N2O4/c1-8-13-22-18(24)17(23-19(25)27-21(5,6)7)14-15-9-11-16(12-10-15)26-20(2,3)4/h1,9-12,17H,13-14H2,2-7H3,(H,22,24)(H,23,25)/t17-/m1/s1. The summed E-state index contributed by atoms with van der Waals surface area (Å²) in [5.41, 5.74) is -0.0824. The van der Waals surface area contributed by atoms with Crippen molar-refractivity contribution in [2.75, 3.05) is 6.54 Å². The van der Waals surface area contributed by atoms with Gasteiger partial charge in [-0.05, 0) is 59.2 Å². The molecule has 0 unspecified atom stereocenters. The molecule has 1 rings (SSSR count).